The van der Waals surface area contributed by atoms with Crippen LogP contribution in [0.4, 0.5) is 21.5 Å². The van der Waals surface area contributed by atoms with Crippen molar-refractivity contribution in [2.24, 2.45) is 4.99 Å². The first-order valence-electron chi connectivity index (χ1n) is 10.7. The molecule has 6 nitrogen and oxygen atoms in total. The van der Waals surface area contributed by atoms with Gasteiger partial charge in [0.15, 0.2) is 0 Å². The Bertz CT molecular complexity index is 1190. The summed E-state index contributed by atoms with van der Waals surface area (Å²) in [6.45, 7) is 2.77. The highest BCUT2D eigenvalue weighted by atomic mass is 19.1. The Kier molecular flexibility index (Phi) is 6.60. The van der Waals surface area contributed by atoms with Crippen LogP contribution in [0.15, 0.2) is 77.8 Å². The van der Waals surface area contributed by atoms with Gasteiger partial charge in [0, 0.05) is 31.4 Å². The number of anilines is 2. The van der Waals surface area contributed by atoms with Gasteiger partial charge in [0.2, 0.25) is 11.8 Å². The maximum Gasteiger partial charge on any atom is 0.238 e. The van der Waals surface area contributed by atoms with E-state index in [9.17, 15) is 14.0 Å². The number of likely N-dealkylation sites (N-methyl/N-ethyl adjacent to an activating group) is 1. The summed E-state index contributed by atoms with van der Waals surface area (Å²) >= 11 is 0. The van der Waals surface area contributed by atoms with E-state index in [2.05, 4.69) is 10.6 Å². The molecule has 1 atom stereocenters. The van der Waals surface area contributed by atoms with Crippen LogP contribution in [0.2, 0.25) is 0 Å². The van der Waals surface area contributed by atoms with Crippen molar-refractivity contribution in [2.75, 3.05) is 30.4 Å². The second kappa shape index (κ2) is 9.75. The monoisotopic (exact) mass is 444 g/mol. The number of aliphatic imine (C=N–C) groups is 1. The largest absolute Gasteiger partial charge is 0.325 e. The van der Waals surface area contributed by atoms with E-state index in [1.165, 1.54) is 19.1 Å². The molecule has 2 N–H and O–H groups in total. The summed E-state index contributed by atoms with van der Waals surface area (Å²) in [6, 6.07) is 21.1. The quantitative estimate of drug-likeness (QED) is 0.535. The maximum absolute atomic E-state index is 13.7. The number of nitrogens with zero attached hydrogens (tertiary/aromatic N) is 2. The zero-order chi connectivity index (χ0) is 23.4. The fourth-order valence-corrected chi connectivity index (χ4v) is 3.95. The average molecular weight is 445 g/mol. The average Bonchev–Trinajstić information content (AvgIpc) is 3.13. The summed E-state index contributed by atoms with van der Waals surface area (Å²) in [6.07, 6.45) is 0. The van der Waals surface area contributed by atoms with Crippen molar-refractivity contribution < 1.29 is 14.0 Å². The second-order valence-electron chi connectivity index (χ2n) is 7.81. The molecule has 0 saturated carbocycles. The van der Waals surface area contributed by atoms with E-state index in [1.807, 2.05) is 61.6 Å². The van der Waals surface area contributed by atoms with E-state index in [0.717, 1.165) is 11.3 Å². The van der Waals surface area contributed by atoms with Crippen molar-refractivity contribution in [3.63, 3.8) is 0 Å². The van der Waals surface area contributed by atoms with E-state index >= 15 is 0 Å². The molecular formula is C26H25FN4O2. The third-order valence-corrected chi connectivity index (χ3v) is 5.57. The molecule has 3 aromatic rings. The highest BCUT2D eigenvalue weighted by Crippen LogP contribution is 2.36. The summed E-state index contributed by atoms with van der Waals surface area (Å²) in [7, 11) is 1.84. The molecular weight excluding hydrogens is 419 g/mol. The molecule has 0 saturated heterocycles. The van der Waals surface area contributed by atoms with Gasteiger partial charge in [-0.1, -0.05) is 36.4 Å². The van der Waals surface area contributed by atoms with Gasteiger partial charge in [0.25, 0.3) is 0 Å². The minimum atomic E-state index is -0.660. The molecule has 1 aliphatic heterocycles. The molecule has 0 radical (unpaired) electrons. The van der Waals surface area contributed by atoms with Gasteiger partial charge in [-0.15, -0.1) is 0 Å². The number of amides is 2. The molecule has 1 heterocycles. The van der Waals surface area contributed by atoms with E-state index in [1.54, 1.807) is 11.0 Å². The van der Waals surface area contributed by atoms with Gasteiger partial charge < -0.3 is 15.5 Å². The standard InChI is InChI=1S/C26H25FN4O2/c1-17(32)31(15-14-28-2)21-11-9-20(10-12-21)29-25(18-6-4-3-5-7-18)24-22-13-8-19(27)16-23(22)30-26(24)33/h3-13,16,24,28H,14-15H2,1-2H3,(H,30,33). The van der Waals surface area contributed by atoms with Gasteiger partial charge in [0.05, 0.1) is 11.4 Å². The van der Waals surface area contributed by atoms with Crippen LogP contribution < -0.4 is 15.5 Å². The summed E-state index contributed by atoms with van der Waals surface area (Å²) < 4.78 is 13.7. The van der Waals surface area contributed by atoms with Crippen molar-refractivity contribution in [2.45, 2.75) is 12.8 Å². The second-order valence-corrected chi connectivity index (χ2v) is 7.81. The molecule has 168 valence electrons. The Hall–Kier alpha value is -3.84. The third-order valence-electron chi connectivity index (χ3n) is 5.57. The van der Waals surface area contributed by atoms with Gasteiger partial charge in [-0.3, -0.25) is 14.6 Å². The summed E-state index contributed by atoms with van der Waals surface area (Å²) in [4.78, 5) is 31.5. The van der Waals surface area contributed by atoms with Crippen LogP contribution >= 0.6 is 0 Å². The molecule has 7 heteroatoms. The smallest absolute Gasteiger partial charge is 0.238 e. The normalized spacial score (nSPS) is 15.2. The van der Waals surface area contributed by atoms with Gasteiger partial charge in [0.1, 0.15) is 11.7 Å². The minimum Gasteiger partial charge on any atom is -0.325 e. The van der Waals surface area contributed by atoms with Crippen molar-refractivity contribution in [3.8, 4) is 0 Å². The Labute approximate surface area is 192 Å². The number of carbonyl (C=O) groups is 2. The molecule has 3 aromatic carbocycles. The molecule has 1 aliphatic rings. The number of carbonyl (C=O) groups excluding carboxylic acids is 2. The van der Waals surface area contributed by atoms with Crippen LogP contribution in [0, 0.1) is 5.82 Å². The number of benzene rings is 3. The zero-order valence-corrected chi connectivity index (χ0v) is 18.5. The van der Waals surface area contributed by atoms with Gasteiger partial charge in [-0.25, -0.2) is 4.39 Å². The first-order valence-corrected chi connectivity index (χ1v) is 10.7. The first-order chi connectivity index (χ1) is 16.0. The topological polar surface area (TPSA) is 73.8 Å². The molecule has 0 bridgehead atoms. The maximum atomic E-state index is 13.7. The van der Waals surface area contributed by atoms with Crippen molar-refractivity contribution in [3.05, 3.63) is 89.7 Å². The Balaban J connectivity index is 1.73. The van der Waals surface area contributed by atoms with Gasteiger partial charge in [-0.2, -0.15) is 0 Å². The predicted molar refractivity (Wildman–Crippen MR) is 129 cm³/mol. The molecule has 33 heavy (non-hydrogen) atoms. The number of nitrogens with one attached hydrogen (secondary N) is 2. The number of hydrogen-bond donors (Lipinski definition) is 2. The SMILES string of the molecule is CNCCN(C(C)=O)c1ccc(N=C(c2ccccc2)C2C(=O)Nc3cc(F)ccc32)cc1. The zero-order valence-electron chi connectivity index (χ0n) is 18.5. The third kappa shape index (κ3) is 4.83. The van der Waals surface area contributed by atoms with Crippen LogP contribution in [-0.4, -0.2) is 37.7 Å². The molecule has 0 spiro atoms. The van der Waals surface area contributed by atoms with Gasteiger partial charge in [-0.05, 0) is 54.6 Å². The fourth-order valence-electron chi connectivity index (χ4n) is 3.95. The van der Waals surface area contributed by atoms with Crippen LogP contribution in [0.1, 0.15) is 24.0 Å². The molecule has 2 amide bonds. The summed E-state index contributed by atoms with van der Waals surface area (Å²) in [5.41, 5.74) is 3.96. The highest BCUT2D eigenvalue weighted by molar-refractivity contribution is 6.24. The number of fused-ring (bicyclic) bond motifs is 1. The number of rotatable bonds is 7. The summed E-state index contributed by atoms with van der Waals surface area (Å²) in [5.74, 6) is -1.36. The molecule has 0 fully saturated rings. The molecule has 4 rings (SSSR count). The van der Waals surface area contributed by atoms with E-state index in [0.29, 0.717) is 35.7 Å². The van der Waals surface area contributed by atoms with Crippen molar-refractivity contribution >= 4 is 34.6 Å². The van der Waals surface area contributed by atoms with Crippen LogP contribution in [-0.2, 0) is 9.59 Å². The van der Waals surface area contributed by atoms with E-state index < -0.39 is 11.7 Å². The Morgan fingerprint density at radius 1 is 1.09 bits per heavy atom. The lowest BCUT2D eigenvalue weighted by atomic mass is 9.90. The van der Waals surface area contributed by atoms with Crippen LogP contribution in [0.5, 0.6) is 0 Å². The Morgan fingerprint density at radius 2 is 1.82 bits per heavy atom. The summed E-state index contributed by atoms with van der Waals surface area (Å²) in [5, 5.41) is 5.82. The van der Waals surface area contributed by atoms with Crippen molar-refractivity contribution in [1.29, 1.82) is 0 Å². The van der Waals surface area contributed by atoms with Crippen LogP contribution in [0.3, 0.4) is 0 Å². The highest BCUT2D eigenvalue weighted by Gasteiger charge is 2.35. The lowest BCUT2D eigenvalue weighted by Crippen LogP contribution is -2.34. The predicted octanol–water partition coefficient (Wildman–Crippen LogP) is 4.25. The molecule has 1 unspecified atom stereocenters. The fraction of sp³-hybridized carbons (Fsp3) is 0.192. The number of hydrogen-bond acceptors (Lipinski definition) is 4. The molecule has 0 aliphatic carbocycles. The van der Waals surface area contributed by atoms with Crippen LogP contribution in [0.25, 0.3) is 0 Å². The van der Waals surface area contributed by atoms with Gasteiger partial charge >= 0.3 is 0 Å². The van der Waals surface area contributed by atoms with E-state index in [4.69, 9.17) is 4.99 Å². The number of halogens is 1. The lowest BCUT2D eigenvalue weighted by molar-refractivity contribution is -0.117. The first kappa shape index (κ1) is 22.4. The molecule has 0 aromatic heterocycles. The Morgan fingerprint density at radius 3 is 2.48 bits per heavy atom. The van der Waals surface area contributed by atoms with E-state index in [-0.39, 0.29) is 11.8 Å². The minimum absolute atomic E-state index is 0.0436. The van der Waals surface area contributed by atoms with Crippen molar-refractivity contribution in [1.82, 2.24) is 5.32 Å². The lowest BCUT2D eigenvalue weighted by Gasteiger charge is -2.21.